The van der Waals surface area contributed by atoms with Gasteiger partial charge >= 0.3 is 0 Å². The average Bonchev–Trinajstić information content (AvgIpc) is 2.68. The summed E-state index contributed by atoms with van der Waals surface area (Å²) in [4.78, 5) is 37.0. The van der Waals surface area contributed by atoms with Crippen LogP contribution in [-0.4, -0.2) is 28.7 Å². The number of carbonyl (C=O) groups is 3. The van der Waals surface area contributed by atoms with Crippen LogP contribution in [0.4, 0.5) is 0 Å². The number of hydrogen-bond acceptors (Lipinski definition) is 3. The van der Waals surface area contributed by atoms with Gasteiger partial charge in [-0.1, -0.05) is 18.2 Å². The molecule has 1 aromatic rings. The maximum absolute atomic E-state index is 12.4. The van der Waals surface area contributed by atoms with E-state index in [4.69, 9.17) is 0 Å². The van der Waals surface area contributed by atoms with Crippen molar-refractivity contribution in [3.05, 3.63) is 34.9 Å². The van der Waals surface area contributed by atoms with E-state index in [1.54, 1.807) is 4.90 Å². The van der Waals surface area contributed by atoms with Gasteiger partial charge in [-0.2, -0.15) is 0 Å². The number of nitrogens with zero attached hydrogens (tertiary/aromatic N) is 1. The van der Waals surface area contributed by atoms with Gasteiger partial charge in [0.1, 0.15) is 6.04 Å². The summed E-state index contributed by atoms with van der Waals surface area (Å²) in [5, 5.41) is 2.30. The Kier molecular flexibility index (Phi) is 2.62. The second-order valence-electron chi connectivity index (χ2n) is 5.01. The summed E-state index contributed by atoms with van der Waals surface area (Å²) in [6, 6.07) is 5.18. The van der Waals surface area contributed by atoms with Crippen molar-refractivity contribution in [3.63, 3.8) is 0 Å². The Morgan fingerprint density at radius 1 is 1.26 bits per heavy atom. The van der Waals surface area contributed by atoms with E-state index in [1.165, 1.54) is 0 Å². The lowest BCUT2D eigenvalue weighted by atomic mass is 10.0. The predicted octanol–water partition coefficient (Wildman–Crippen LogP) is 0.756. The van der Waals surface area contributed by atoms with Gasteiger partial charge < -0.3 is 4.90 Å². The Balaban J connectivity index is 1.90. The first kappa shape index (κ1) is 11.9. The van der Waals surface area contributed by atoms with Gasteiger partial charge in [-0.25, -0.2) is 0 Å². The minimum absolute atomic E-state index is 0.109. The molecule has 1 saturated heterocycles. The van der Waals surface area contributed by atoms with E-state index in [9.17, 15) is 14.4 Å². The summed E-state index contributed by atoms with van der Waals surface area (Å²) in [5.74, 6) is -0.737. The van der Waals surface area contributed by atoms with E-state index in [-0.39, 0.29) is 24.1 Å². The molecule has 19 heavy (non-hydrogen) atoms. The number of piperidine rings is 1. The van der Waals surface area contributed by atoms with E-state index < -0.39 is 6.04 Å². The SMILES string of the molecule is Cc1cccc2c1C(=O)N([C@H]1CCC(=O)NC1=O)C2. The van der Waals surface area contributed by atoms with Crippen molar-refractivity contribution in [2.45, 2.75) is 32.4 Å². The van der Waals surface area contributed by atoms with Gasteiger partial charge in [-0.15, -0.1) is 0 Å². The molecule has 5 nitrogen and oxygen atoms in total. The zero-order valence-corrected chi connectivity index (χ0v) is 10.6. The van der Waals surface area contributed by atoms with Crippen molar-refractivity contribution in [2.24, 2.45) is 0 Å². The number of amides is 3. The number of carbonyl (C=O) groups excluding carboxylic acids is 3. The van der Waals surface area contributed by atoms with Crippen LogP contribution in [0, 0.1) is 6.92 Å². The van der Waals surface area contributed by atoms with Gasteiger partial charge in [0, 0.05) is 18.5 Å². The summed E-state index contributed by atoms with van der Waals surface area (Å²) in [6.45, 7) is 2.34. The quantitative estimate of drug-likeness (QED) is 0.756. The Bertz CT molecular complexity index is 594. The highest BCUT2D eigenvalue weighted by Gasteiger charge is 2.39. The topological polar surface area (TPSA) is 66.5 Å². The Labute approximate surface area is 110 Å². The van der Waals surface area contributed by atoms with Crippen LogP contribution in [0.5, 0.6) is 0 Å². The van der Waals surface area contributed by atoms with Gasteiger partial charge in [0.2, 0.25) is 11.8 Å². The molecule has 0 aliphatic carbocycles. The molecule has 1 fully saturated rings. The van der Waals surface area contributed by atoms with Crippen molar-refractivity contribution in [1.82, 2.24) is 10.2 Å². The van der Waals surface area contributed by atoms with Crippen LogP contribution < -0.4 is 5.32 Å². The summed E-state index contributed by atoms with van der Waals surface area (Å²) < 4.78 is 0. The highest BCUT2D eigenvalue weighted by atomic mass is 16.2. The van der Waals surface area contributed by atoms with Crippen LogP contribution in [0.1, 0.15) is 34.3 Å². The molecule has 0 unspecified atom stereocenters. The molecule has 0 radical (unpaired) electrons. The van der Waals surface area contributed by atoms with Gasteiger partial charge in [0.05, 0.1) is 0 Å². The summed E-state index contributed by atoms with van der Waals surface area (Å²) >= 11 is 0. The smallest absolute Gasteiger partial charge is 0.255 e. The number of nitrogens with one attached hydrogen (secondary N) is 1. The molecule has 0 saturated carbocycles. The number of aryl methyl sites for hydroxylation is 1. The van der Waals surface area contributed by atoms with Crippen molar-refractivity contribution < 1.29 is 14.4 Å². The minimum Gasteiger partial charge on any atom is -0.322 e. The molecule has 0 aromatic heterocycles. The molecule has 2 aliphatic heterocycles. The fraction of sp³-hybridized carbons (Fsp3) is 0.357. The molecule has 0 bridgehead atoms. The van der Waals surface area contributed by atoms with E-state index in [0.29, 0.717) is 18.5 Å². The summed E-state index contributed by atoms with van der Waals surface area (Å²) in [5.41, 5.74) is 2.58. The molecule has 3 rings (SSSR count). The number of hydrogen-bond donors (Lipinski definition) is 1. The fourth-order valence-corrected chi connectivity index (χ4v) is 2.80. The molecule has 5 heteroatoms. The lowest BCUT2D eigenvalue weighted by Gasteiger charge is -2.29. The van der Waals surface area contributed by atoms with Crippen LogP contribution in [0.15, 0.2) is 18.2 Å². The lowest BCUT2D eigenvalue weighted by molar-refractivity contribution is -0.136. The molecule has 98 valence electrons. The highest BCUT2D eigenvalue weighted by molar-refractivity contribution is 6.05. The fourth-order valence-electron chi connectivity index (χ4n) is 2.80. The molecule has 0 spiro atoms. The second kappa shape index (κ2) is 4.19. The predicted molar refractivity (Wildman–Crippen MR) is 67.2 cm³/mol. The van der Waals surface area contributed by atoms with Crippen molar-refractivity contribution >= 4 is 17.7 Å². The standard InChI is InChI=1S/C14H14N2O3/c1-8-3-2-4-9-7-16(14(19)12(8)9)10-5-6-11(17)15-13(10)18/h2-4,10H,5-7H2,1H3,(H,15,17,18)/t10-/m0/s1. The molecule has 1 atom stereocenters. The first-order chi connectivity index (χ1) is 9.08. The zero-order chi connectivity index (χ0) is 13.6. The zero-order valence-electron chi connectivity index (χ0n) is 10.6. The van der Waals surface area contributed by atoms with E-state index >= 15 is 0 Å². The van der Waals surface area contributed by atoms with Crippen LogP contribution >= 0.6 is 0 Å². The first-order valence-corrected chi connectivity index (χ1v) is 6.31. The molecular formula is C14H14N2O3. The van der Waals surface area contributed by atoms with Gasteiger partial charge in [-0.3, -0.25) is 19.7 Å². The molecule has 2 heterocycles. The van der Waals surface area contributed by atoms with Crippen LogP contribution in [0.25, 0.3) is 0 Å². The monoisotopic (exact) mass is 258 g/mol. The van der Waals surface area contributed by atoms with Gasteiger partial charge in [0.25, 0.3) is 5.91 Å². The van der Waals surface area contributed by atoms with E-state index in [1.807, 2.05) is 25.1 Å². The minimum atomic E-state index is -0.531. The Hall–Kier alpha value is -2.17. The molecule has 1 N–H and O–H groups in total. The number of fused-ring (bicyclic) bond motifs is 1. The Morgan fingerprint density at radius 3 is 2.74 bits per heavy atom. The summed E-state index contributed by atoms with van der Waals surface area (Å²) in [7, 11) is 0. The largest absolute Gasteiger partial charge is 0.322 e. The third kappa shape index (κ3) is 1.82. The summed E-state index contributed by atoms with van der Waals surface area (Å²) in [6.07, 6.45) is 0.693. The van der Waals surface area contributed by atoms with Crippen LogP contribution in [-0.2, 0) is 16.1 Å². The third-order valence-electron chi connectivity index (χ3n) is 3.76. The number of imide groups is 1. The molecule has 1 aromatic carbocycles. The maximum atomic E-state index is 12.4. The number of benzene rings is 1. The molecular weight excluding hydrogens is 244 g/mol. The van der Waals surface area contributed by atoms with Crippen molar-refractivity contribution in [1.29, 1.82) is 0 Å². The third-order valence-corrected chi connectivity index (χ3v) is 3.76. The lowest BCUT2D eigenvalue weighted by Crippen LogP contribution is -2.52. The maximum Gasteiger partial charge on any atom is 0.255 e. The van der Waals surface area contributed by atoms with Crippen molar-refractivity contribution in [2.75, 3.05) is 0 Å². The molecule has 2 aliphatic rings. The van der Waals surface area contributed by atoms with E-state index in [2.05, 4.69) is 5.32 Å². The van der Waals surface area contributed by atoms with E-state index in [0.717, 1.165) is 11.1 Å². The normalized spacial score (nSPS) is 22.5. The first-order valence-electron chi connectivity index (χ1n) is 6.31. The van der Waals surface area contributed by atoms with Gasteiger partial charge in [-0.05, 0) is 24.5 Å². The van der Waals surface area contributed by atoms with Crippen LogP contribution in [0.3, 0.4) is 0 Å². The molecule has 3 amide bonds. The number of rotatable bonds is 1. The van der Waals surface area contributed by atoms with Crippen LogP contribution in [0.2, 0.25) is 0 Å². The Morgan fingerprint density at radius 2 is 2.05 bits per heavy atom. The highest BCUT2D eigenvalue weighted by Crippen LogP contribution is 2.29. The van der Waals surface area contributed by atoms with Crippen molar-refractivity contribution in [3.8, 4) is 0 Å². The average molecular weight is 258 g/mol. The van der Waals surface area contributed by atoms with Gasteiger partial charge in [0.15, 0.2) is 0 Å². The second-order valence-corrected chi connectivity index (χ2v) is 5.01.